The van der Waals surface area contributed by atoms with Crippen molar-refractivity contribution in [2.24, 2.45) is 0 Å². The van der Waals surface area contributed by atoms with Crippen molar-refractivity contribution in [3.63, 3.8) is 0 Å². The fourth-order valence-corrected chi connectivity index (χ4v) is 2.26. The number of amides is 1. The molecule has 0 saturated carbocycles. The highest BCUT2D eigenvalue weighted by atomic mass is 35.5. The third-order valence-corrected chi connectivity index (χ3v) is 3.68. The van der Waals surface area contributed by atoms with Crippen LogP contribution in [0.1, 0.15) is 10.4 Å². The van der Waals surface area contributed by atoms with Crippen LogP contribution in [-0.4, -0.2) is 47.7 Å². The largest absolute Gasteiger partial charge is 0.480 e. The van der Waals surface area contributed by atoms with Crippen LogP contribution in [0.3, 0.4) is 0 Å². The molecule has 19 heavy (non-hydrogen) atoms. The number of carboxylic acid groups (broad SMARTS) is 1. The van der Waals surface area contributed by atoms with Crippen molar-refractivity contribution in [3.05, 3.63) is 33.8 Å². The monoisotopic (exact) mass is 303 g/mol. The highest BCUT2D eigenvalue weighted by molar-refractivity contribution is 6.43. The summed E-state index contributed by atoms with van der Waals surface area (Å²) in [4.78, 5) is 24.7. The minimum atomic E-state index is -1.11. The first-order chi connectivity index (χ1) is 9.02. The molecule has 7 heteroatoms. The van der Waals surface area contributed by atoms with Gasteiger partial charge in [-0.1, -0.05) is 29.3 Å². The summed E-state index contributed by atoms with van der Waals surface area (Å²) < 4.78 is 5.08. The lowest BCUT2D eigenvalue weighted by atomic mass is 10.1. The molecule has 0 aliphatic carbocycles. The summed E-state index contributed by atoms with van der Waals surface area (Å²) in [7, 11) is 0. The second kappa shape index (κ2) is 5.77. The molecule has 0 spiro atoms. The Morgan fingerprint density at radius 2 is 2.11 bits per heavy atom. The summed E-state index contributed by atoms with van der Waals surface area (Å²) in [5.74, 6) is -1.56. The molecule has 1 amide bonds. The van der Waals surface area contributed by atoms with Crippen molar-refractivity contribution >= 4 is 35.1 Å². The van der Waals surface area contributed by atoms with E-state index in [2.05, 4.69) is 0 Å². The molecule has 0 bridgehead atoms. The van der Waals surface area contributed by atoms with E-state index in [0.717, 1.165) is 0 Å². The smallest absolute Gasteiger partial charge is 0.328 e. The van der Waals surface area contributed by atoms with Gasteiger partial charge in [-0.3, -0.25) is 4.79 Å². The van der Waals surface area contributed by atoms with Crippen LogP contribution in [0.2, 0.25) is 10.0 Å². The van der Waals surface area contributed by atoms with Gasteiger partial charge in [-0.25, -0.2) is 4.79 Å². The zero-order valence-corrected chi connectivity index (χ0v) is 11.3. The molecular formula is C12H11Cl2NO4. The predicted octanol–water partition coefficient (Wildman–Crippen LogP) is 1.92. The van der Waals surface area contributed by atoms with Gasteiger partial charge in [0.05, 0.1) is 28.8 Å². The maximum absolute atomic E-state index is 12.4. The highest BCUT2D eigenvalue weighted by Gasteiger charge is 2.34. The van der Waals surface area contributed by atoms with Crippen molar-refractivity contribution in [1.29, 1.82) is 0 Å². The molecule has 2 rings (SSSR count). The topological polar surface area (TPSA) is 66.8 Å². The van der Waals surface area contributed by atoms with Crippen LogP contribution in [0.4, 0.5) is 0 Å². The van der Waals surface area contributed by atoms with Crippen LogP contribution >= 0.6 is 23.2 Å². The second-order valence-corrected chi connectivity index (χ2v) is 4.81. The Kier molecular flexibility index (Phi) is 4.29. The van der Waals surface area contributed by atoms with Crippen molar-refractivity contribution in [3.8, 4) is 0 Å². The van der Waals surface area contributed by atoms with Gasteiger partial charge in [-0.15, -0.1) is 0 Å². The summed E-state index contributed by atoms with van der Waals surface area (Å²) in [6, 6.07) is 3.67. The van der Waals surface area contributed by atoms with Crippen LogP contribution in [0.15, 0.2) is 18.2 Å². The number of carboxylic acids is 1. The maximum atomic E-state index is 12.4. The summed E-state index contributed by atoms with van der Waals surface area (Å²) >= 11 is 11.8. The molecule has 1 aliphatic rings. The number of ether oxygens (including phenoxy) is 1. The summed E-state index contributed by atoms with van der Waals surface area (Å²) in [5.41, 5.74) is 0.197. The van der Waals surface area contributed by atoms with Gasteiger partial charge in [0.2, 0.25) is 0 Å². The molecule has 0 unspecified atom stereocenters. The number of hydrogen-bond acceptors (Lipinski definition) is 3. The molecular weight excluding hydrogens is 293 g/mol. The highest BCUT2D eigenvalue weighted by Crippen LogP contribution is 2.27. The molecule has 1 heterocycles. The Hall–Kier alpha value is -1.30. The SMILES string of the molecule is O=C(O)[C@@H]1COCCN1C(=O)c1cccc(Cl)c1Cl. The van der Waals surface area contributed by atoms with E-state index in [-0.39, 0.29) is 28.8 Å². The molecule has 0 radical (unpaired) electrons. The van der Waals surface area contributed by atoms with Crippen LogP contribution < -0.4 is 0 Å². The normalized spacial score (nSPS) is 19.3. The van der Waals surface area contributed by atoms with Crippen LogP contribution in [0.25, 0.3) is 0 Å². The molecule has 0 aromatic heterocycles. The third kappa shape index (κ3) is 2.83. The number of hydrogen-bond donors (Lipinski definition) is 1. The quantitative estimate of drug-likeness (QED) is 0.906. The van der Waals surface area contributed by atoms with E-state index in [9.17, 15) is 9.59 Å². The lowest BCUT2D eigenvalue weighted by molar-refractivity contribution is -0.147. The van der Waals surface area contributed by atoms with E-state index in [1.54, 1.807) is 12.1 Å². The second-order valence-electron chi connectivity index (χ2n) is 4.03. The molecule has 5 nitrogen and oxygen atoms in total. The van der Waals surface area contributed by atoms with Crippen molar-refractivity contribution in [1.82, 2.24) is 4.90 Å². The van der Waals surface area contributed by atoms with Gasteiger partial charge in [0.25, 0.3) is 5.91 Å². The Morgan fingerprint density at radius 3 is 2.79 bits per heavy atom. The summed E-state index contributed by atoms with van der Waals surface area (Å²) in [6.45, 7) is 0.478. The molecule has 1 aromatic rings. The van der Waals surface area contributed by atoms with Crippen molar-refractivity contribution in [2.75, 3.05) is 19.8 Å². The van der Waals surface area contributed by atoms with Gasteiger partial charge in [0, 0.05) is 6.54 Å². The van der Waals surface area contributed by atoms with Crippen LogP contribution in [-0.2, 0) is 9.53 Å². The number of rotatable bonds is 2. The third-order valence-electron chi connectivity index (χ3n) is 2.86. The van der Waals surface area contributed by atoms with E-state index in [1.165, 1.54) is 11.0 Å². The molecule has 1 atom stereocenters. The van der Waals surface area contributed by atoms with E-state index in [4.69, 9.17) is 33.0 Å². The van der Waals surface area contributed by atoms with Crippen LogP contribution in [0.5, 0.6) is 0 Å². The zero-order valence-electron chi connectivity index (χ0n) is 9.81. The minimum Gasteiger partial charge on any atom is -0.480 e. The fourth-order valence-electron chi connectivity index (χ4n) is 1.88. The number of nitrogens with zero attached hydrogens (tertiary/aromatic N) is 1. The first kappa shape index (κ1) is 14.1. The summed E-state index contributed by atoms with van der Waals surface area (Å²) in [5, 5.41) is 9.48. The number of aliphatic carboxylic acids is 1. The molecule has 1 fully saturated rings. The Bertz CT molecular complexity index is 520. The van der Waals surface area contributed by atoms with Crippen LogP contribution in [0, 0.1) is 0 Å². The van der Waals surface area contributed by atoms with Crippen molar-refractivity contribution < 1.29 is 19.4 Å². The standard InChI is InChI=1S/C12H11Cl2NO4/c13-8-3-1-2-7(10(8)14)11(16)15-4-5-19-6-9(15)12(17)18/h1-3,9H,4-6H2,(H,17,18)/t9-/m0/s1. The molecule has 1 saturated heterocycles. The van der Waals surface area contributed by atoms with E-state index in [1.807, 2.05) is 0 Å². The first-order valence-corrected chi connectivity index (χ1v) is 6.33. The average molecular weight is 304 g/mol. The molecule has 1 aromatic carbocycles. The maximum Gasteiger partial charge on any atom is 0.328 e. The lowest BCUT2D eigenvalue weighted by Crippen LogP contribution is -2.52. The van der Waals surface area contributed by atoms with Gasteiger partial charge >= 0.3 is 5.97 Å². The van der Waals surface area contributed by atoms with Gasteiger partial charge in [-0.2, -0.15) is 0 Å². The lowest BCUT2D eigenvalue weighted by Gasteiger charge is -2.33. The number of benzene rings is 1. The average Bonchev–Trinajstić information content (AvgIpc) is 2.41. The Labute approximate surface area is 119 Å². The minimum absolute atomic E-state index is 0.0285. The Balaban J connectivity index is 2.31. The van der Waals surface area contributed by atoms with Crippen molar-refractivity contribution in [2.45, 2.75) is 6.04 Å². The summed E-state index contributed by atoms with van der Waals surface area (Å²) in [6.07, 6.45) is 0. The van der Waals surface area contributed by atoms with E-state index < -0.39 is 17.9 Å². The number of carbonyl (C=O) groups excluding carboxylic acids is 1. The van der Waals surface area contributed by atoms with E-state index in [0.29, 0.717) is 6.61 Å². The Morgan fingerprint density at radius 1 is 1.37 bits per heavy atom. The van der Waals surface area contributed by atoms with E-state index >= 15 is 0 Å². The van der Waals surface area contributed by atoms with Gasteiger partial charge in [0.1, 0.15) is 0 Å². The molecule has 1 aliphatic heterocycles. The number of halogens is 2. The number of carbonyl (C=O) groups is 2. The first-order valence-electron chi connectivity index (χ1n) is 5.58. The zero-order chi connectivity index (χ0) is 14.0. The fraction of sp³-hybridized carbons (Fsp3) is 0.333. The molecule has 1 N–H and O–H groups in total. The predicted molar refractivity (Wildman–Crippen MR) is 69.7 cm³/mol. The van der Waals surface area contributed by atoms with Gasteiger partial charge < -0.3 is 14.7 Å². The van der Waals surface area contributed by atoms with Gasteiger partial charge in [0.15, 0.2) is 6.04 Å². The number of morpholine rings is 1. The van der Waals surface area contributed by atoms with Gasteiger partial charge in [-0.05, 0) is 12.1 Å². The molecule has 102 valence electrons.